The van der Waals surface area contributed by atoms with Gasteiger partial charge in [-0.25, -0.2) is 0 Å². The minimum absolute atomic E-state index is 0.0353. The van der Waals surface area contributed by atoms with Crippen LogP contribution < -0.4 is 4.74 Å². The van der Waals surface area contributed by atoms with E-state index in [-0.39, 0.29) is 24.2 Å². The lowest BCUT2D eigenvalue weighted by Crippen LogP contribution is -1.98. The van der Waals surface area contributed by atoms with E-state index in [2.05, 4.69) is 30.3 Å². The van der Waals surface area contributed by atoms with Crippen molar-refractivity contribution in [1.29, 1.82) is 0 Å². The number of rotatable bonds is 2. The Labute approximate surface area is 220 Å². The summed E-state index contributed by atoms with van der Waals surface area (Å²) in [7, 11) is 0. The molecule has 0 radical (unpaired) electrons. The van der Waals surface area contributed by atoms with Gasteiger partial charge in [0.25, 0.3) is 0 Å². The highest BCUT2D eigenvalue weighted by Crippen LogP contribution is 2.51. The van der Waals surface area contributed by atoms with Crippen LogP contribution in [-0.2, 0) is 0 Å². The summed E-state index contributed by atoms with van der Waals surface area (Å²) in [4.78, 5) is 0. The SMILES string of the molecule is [2H]c1c([2H])c([2H])c2c(-c3ccc4c5c(cccc35)Oc3ccccc3-4)c3ccccc3c(-c3ccccc3)c2c1[2H]. The van der Waals surface area contributed by atoms with Crippen LogP contribution in [0.5, 0.6) is 11.5 Å². The highest BCUT2D eigenvalue weighted by Gasteiger charge is 2.23. The lowest BCUT2D eigenvalue weighted by atomic mass is 9.83. The van der Waals surface area contributed by atoms with Gasteiger partial charge in [0.05, 0.1) is 5.48 Å². The van der Waals surface area contributed by atoms with E-state index in [0.717, 1.165) is 66.4 Å². The van der Waals surface area contributed by atoms with Crippen molar-refractivity contribution >= 4 is 32.3 Å². The average Bonchev–Trinajstić information content (AvgIpc) is 3.02. The van der Waals surface area contributed by atoms with Gasteiger partial charge in [-0.2, -0.15) is 0 Å². The monoisotopic (exact) mass is 474 g/mol. The van der Waals surface area contributed by atoms with Gasteiger partial charge in [0.15, 0.2) is 0 Å². The highest BCUT2D eigenvalue weighted by molar-refractivity contribution is 6.24. The standard InChI is InChI=1S/C36H22O/c1-2-11-23(12-3-1)34-25-14-4-6-16-27(25)35(28-17-7-5-15-26(28)34)31-22-21-30-24-13-8-9-19-32(24)37-33-20-10-18-29(31)36(30)33/h1-22H/i4D,6D,14D,16D. The summed E-state index contributed by atoms with van der Waals surface area (Å²) in [5.74, 6) is 1.59. The second-order valence-electron chi connectivity index (χ2n) is 9.35. The first-order valence-electron chi connectivity index (χ1n) is 14.4. The van der Waals surface area contributed by atoms with E-state index in [0.29, 0.717) is 10.8 Å². The fourth-order valence-electron chi connectivity index (χ4n) is 5.86. The van der Waals surface area contributed by atoms with Gasteiger partial charge in [0.2, 0.25) is 0 Å². The summed E-state index contributed by atoms with van der Waals surface area (Å²) >= 11 is 0. The van der Waals surface area contributed by atoms with Crippen molar-refractivity contribution < 1.29 is 10.2 Å². The molecule has 1 heterocycles. The van der Waals surface area contributed by atoms with Gasteiger partial charge in [-0.05, 0) is 66.9 Å². The van der Waals surface area contributed by atoms with E-state index in [9.17, 15) is 1.37 Å². The first-order chi connectivity index (χ1) is 20.0. The zero-order chi connectivity index (χ0) is 27.8. The molecule has 37 heavy (non-hydrogen) atoms. The Balaban J connectivity index is 1.60. The molecule has 0 fully saturated rings. The van der Waals surface area contributed by atoms with Crippen LogP contribution in [0.3, 0.4) is 0 Å². The fraction of sp³-hybridized carbons (Fsp3) is 0. The lowest BCUT2D eigenvalue weighted by molar-refractivity contribution is 0.487. The van der Waals surface area contributed by atoms with Gasteiger partial charge in [-0.15, -0.1) is 0 Å². The zero-order valence-corrected chi connectivity index (χ0v) is 19.8. The van der Waals surface area contributed by atoms with Gasteiger partial charge in [-0.3, -0.25) is 0 Å². The smallest absolute Gasteiger partial charge is 0.135 e. The number of hydrogen-bond acceptors (Lipinski definition) is 1. The molecule has 0 aliphatic carbocycles. The predicted octanol–water partition coefficient (Wildman–Crippen LogP) is 10.3. The van der Waals surface area contributed by atoms with Gasteiger partial charge in [-0.1, -0.05) is 121 Å². The topological polar surface area (TPSA) is 9.23 Å². The molecule has 0 saturated heterocycles. The maximum Gasteiger partial charge on any atom is 0.135 e. The molecular formula is C36H22O. The second kappa shape index (κ2) is 7.81. The summed E-state index contributed by atoms with van der Waals surface area (Å²) in [5.41, 5.74) is 5.53. The Morgan fingerprint density at radius 3 is 1.89 bits per heavy atom. The molecule has 0 amide bonds. The molecule has 0 bridgehead atoms. The zero-order valence-electron chi connectivity index (χ0n) is 23.8. The van der Waals surface area contributed by atoms with Crippen molar-refractivity contribution in [2.24, 2.45) is 0 Å². The van der Waals surface area contributed by atoms with Crippen LogP contribution in [0.15, 0.2) is 133 Å². The summed E-state index contributed by atoms with van der Waals surface area (Å²) < 4.78 is 41.8. The summed E-state index contributed by atoms with van der Waals surface area (Å²) in [6, 6.07) is 35.7. The van der Waals surface area contributed by atoms with Crippen molar-refractivity contribution in [2.45, 2.75) is 0 Å². The quantitative estimate of drug-likeness (QED) is 0.226. The Bertz CT molecular complexity index is 2220. The fourth-order valence-corrected chi connectivity index (χ4v) is 5.86. The normalized spacial score (nSPS) is 13.5. The molecule has 7 aromatic carbocycles. The van der Waals surface area contributed by atoms with E-state index in [1.54, 1.807) is 0 Å². The lowest BCUT2D eigenvalue weighted by Gasteiger charge is -2.24. The van der Waals surface area contributed by atoms with Crippen molar-refractivity contribution in [3.05, 3.63) is 133 Å². The molecule has 0 atom stereocenters. The Hall–Kier alpha value is -4.88. The van der Waals surface area contributed by atoms with Crippen LogP contribution in [0, 0.1) is 0 Å². The minimum atomic E-state index is -0.238. The van der Waals surface area contributed by atoms with Gasteiger partial charge < -0.3 is 4.74 Å². The second-order valence-corrected chi connectivity index (χ2v) is 9.35. The molecule has 0 saturated carbocycles. The molecule has 1 nitrogen and oxygen atoms in total. The molecular weight excluding hydrogens is 448 g/mol. The Morgan fingerprint density at radius 2 is 1.05 bits per heavy atom. The van der Waals surface area contributed by atoms with Crippen molar-refractivity contribution in [3.8, 4) is 44.9 Å². The van der Waals surface area contributed by atoms with Crippen molar-refractivity contribution in [3.63, 3.8) is 0 Å². The first-order valence-corrected chi connectivity index (χ1v) is 12.4. The maximum absolute atomic E-state index is 9.17. The maximum atomic E-state index is 9.17. The van der Waals surface area contributed by atoms with Crippen LogP contribution in [0.1, 0.15) is 5.48 Å². The molecule has 0 unspecified atom stereocenters. The Morgan fingerprint density at radius 1 is 0.432 bits per heavy atom. The van der Waals surface area contributed by atoms with E-state index >= 15 is 0 Å². The minimum Gasteiger partial charge on any atom is -0.456 e. The molecule has 0 aromatic heterocycles. The van der Waals surface area contributed by atoms with Gasteiger partial charge in [0, 0.05) is 10.9 Å². The van der Waals surface area contributed by atoms with Gasteiger partial charge in [0.1, 0.15) is 11.5 Å². The van der Waals surface area contributed by atoms with Crippen LogP contribution in [0.2, 0.25) is 0 Å². The van der Waals surface area contributed by atoms with E-state index in [4.69, 9.17) is 8.85 Å². The van der Waals surface area contributed by atoms with E-state index < -0.39 is 0 Å². The third-order valence-electron chi connectivity index (χ3n) is 7.38. The molecule has 1 aliphatic heterocycles. The summed E-state index contributed by atoms with van der Waals surface area (Å²) in [6.45, 7) is 0. The highest BCUT2D eigenvalue weighted by atomic mass is 16.5. The number of hydrogen-bond donors (Lipinski definition) is 0. The van der Waals surface area contributed by atoms with Crippen LogP contribution in [0.25, 0.3) is 65.7 Å². The Kier molecular flexibility index (Phi) is 3.53. The van der Waals surface area contributed by atoms with Gasteiger partial charge >= 0.3 is 0 Å². The number of fused-ring (bicyclic) bond motifs is 4. The van der Waals surface area contributed by atoms with Crippen molar-refractivity contribution in [1.82, 2.24) is 0 Å². The van der Waals surface area contributed by atoms with E-state index in [1.165, 1.54) is 0 Å². The van der Waals surface area contributed by atoms with Crippen LogP contribution in [-0.4, -0.2) is 0 Å². The van der Waals surface area contributed by atoms with Crippen molar-refractivity contribution in [2.75, 3.05) is 0 Å². The molecule has 0 spiro atoms. The molecule has 0 N–H and O–H groups in total. The molecule has 7 aromatic rings. The predicted molar refractivity (Wildman–Crippen MR) is 155 cm³/mol. The number of ether oxygens (including phenoxy) is 1. The summed E-state index contributed by atoms with van der Waals surface area (Å²) in [6.07, 6.45) is 0. The third kappa shape index (κ3) is 2.92. The molecule has 172 valence electrons. The number of benzene rings is 7. The number of para-hydroxylation sites is 1. The van der Waals surface area contributed by atoms with Crippen LogP contribution in [0.4, 0.5) is 0 Å². The first kappa shape index (κ1) is 16.7. The largest absolute Gasteiger partial charge is 0.456 e. The molecule has 8 rings (SSSR count). The molecule has 1 heteroatoms. The molecule has 1 aliphatic rings. The average molecular weight is 475 g/mol. The summed E-state index contributed by atoms with van der Waals surface area (Å²) in [5, 5.41) is 4.88. The van der Waals surface area contributed by atoms with E-state index in [1.807, 2.05) is 78.9 Å². The van der Waals surface area contributed by atoms with Crippen LogP contribution >= 0.6 is 0 Å². The third-order valence-corrected chi connectivity index (χ3v) is 7.38.